The zero-order chi connectivity index (χ0) is 18.3. The molecule has 0 amide bonds. The van der Waals surface area contributed by atoms with Crippen molar-refractivity contribution in [2.24, 2.45) is 5.92 Å². The third-order valence-corrected chi connectivity index (χ3v) is 4.47. The fraction of sp³-hybridized carbons (Fsp3) is 0.529. The molecule has 1 aliphatic carbocycles. The number of ketones is 3. The predicted octanol–water partition coefficient (Wildman–Crippen LogP) is -0.523. The molecule has 134 valence electrons. The van der Waals surface area contributed by atoms with Crippen LogP contribution in [0.1, 0.15) is 13.8 Å². The summed E-state index contributed by atoms with van der Waals surface area (Å²) in [4.78, 5) is 50.6. The van der Waals surface area contributed by atoms with Crippen molar-refractivity contribution >= 4 is 23.3 Å². The van der Waals surface area contributed by atoms with Crippen molar-refractivity contribution in [2.75, 3.05) is 39.3 Å². The second kappa shape index (κ2) is 6.34. The molecule has 3 fully saturated rings. The summed E-state index contributed by atoms with van der Waals surface area (Å²) in [6.07, 6.45) is 1.52. The minimum Gasteiger partial charge on any atom is -0.481 e. The molecule has 1 N–H and O–H groups in total. The first-order valence-corrected chi connectivity index (χ1v) is 8.34. The van der Waals surface area contributed by atoms with Crippen molar-refractivity contribution < 1.29 is 24.3 Å². The van der Waals surface area contributed by atoms with Crippen LogP contribution < -0.4 is 0 Å². The molecular formula is C17H21N3O5. The molecule has 25 heavy (non-hydrogen) atoms. The van der Waals surface area contributed by atoms with Gasteiger partial charge in [-0.05, 0) is 13.8 Å². The molecule has 8 nitrogen and oxygen atoms in total. The van der Waals surface area contributed by atoms with E-state index in [9.17, 15) is 19.2 Å². The smallest absolute Gasteiger partial charge is 0.313 e. The molecule has 0 saturated carbocycles. The van der Waals surface area contributed by atoms with E-state index in [1.807, 2.05) is 14.7 Å². The largest absolute Gasteiger partial charge is 0.481 e. The third-order valence-electron chi connectivity index (χ3n) is 4.47. The van der Waals surface area contributed by atoms with Crippen molar-refractivity contribution in [1.29, 1.82) is 0 Å². The zero-order valence-electron chi connectivity index (χ0n) is 14.3. The van der Waals surface area contributed by atoms with E-state index in [2.05, 4.69) is 0 Å². The van der Waals surface area contributed by atoms with Gasteiger partial charge in [0.25, 0.3) is 0 Å². The van der Waals surface area contributed by atoms with E-state index < -0.39 is 11.9 Å². The summed E-state index contributed by atoms with van der Waals surface area (Å²) in [6.45, 7) is 8.03. The monoisotopic (exact) mass is 347 g/mol. The molecule has 0 aromatic heterocycles. The molecule has 0 radical (unpaired) electrons. The molecule has 0 aromatic rings. The van der Waals surface area contributed by atoms with Gasteiger partial charge in [-0.1, -0.05) is 0 Å². The number of nitrogens with zero attached hydrogens (tertiary/aromatic N) is 3. The van der Waals surface area contributed by atoms with Crippen molar-refractivity contribution in [3.05, 3.63) is 23.2 Å². The number of carboxylic acid groups (broad SMARTS) is 1. The van der Waals surface area contributed by atoms with Crippen LogP contribution in [0.3, 0.4) is 0 Å². The second-order valence-electron chi connectivity index (χ2n) is 6.55. The number of hydrogen-bond acceptors (Lipinski definition) is 7. The van der Waals surface area contributed by atoms with Gasteiger partial charge < -0.3 is 19.8 Å². The summed E-state index contributed by atoms with van der Waals surface area (Å²) in [5, 5.41) is 8.13. The topological polar surface area (TPSA) is 97.5 Å². The van der Waals surface area contributed by atoms with Gasteiger partial charge in [-0.3, -0.25) is 19.2 Å². The van der Waals surface area contributed by atoms with Crippen molar-refractivity contribution in [2.45, 2.75) is 13.8 Å². The highest BCUT2D eigenvalue weighted by molar-refractivity contribution is 6.22. The highest BCUT2D eigenvalue weighted by Gasteiger charge is 2.43. The first-order valence-electron chi connectivity index (χ1n) is 8.34. The van der Waals surface area contributed by atoms with E-state index in [1.165, 1.54) is 19.9 Å². The quantitative estimate of drug-likeness (QED) is 0.403. The van der Waals surface area contributed by atoms with E-state index >= 15 is 0 Å². The lowest BCUT2D eigenvalue weighted by Crippen LogP contribution is -2.29. The lowest BCUT2D eigenvalue weighted by atomic mass is 10.0. The molecule has 3 saturated heterocycles. The molecule has 1 atom stereocenters. The molecule has 4 rings (SSSR count). The van der Waals surface area contributed by atoms with Crippen LogP contribution in [-0.2, 0) is 19.2 Å². The Labute approximate surface area is 145 Å². The van der Waals surface area contributed by atoms with E-state index in [1.54, 1.807) is 0 Å². The molecular weight excluding hydrogens is 326 g/mol. The Balaban J connectivity index is 0.000000197. The Bertz CT molecular complexity index is 698. The summed E-state index contributed by atoms with van der Waals surface area (Å²) >= 11 is 0. The Kier molecular flexibility index (Phi) is 4.36. The molecule has 8 heteroatoms. The Morgan fingerprint density at radius 3 is 1.80 bits per heavy atom. The van der Waals surface area contributed by atoms with Crippen LogP contribution in [0.2, 0.25) is 0 Å². The Morgan fingerprint density at radius 1 is 0.960 bits per heavy atom. The van der Waals surface area contributed by atoms with Crippen molar-refractivity contribution in [1.82, 2.24) is 14.7 Å². The SMILES string of the molecule is CC(=O)C(C)C(=O)O.O=C1C=C(N2CC2)C(=O)C(N2CC2)=C1N1CC1. The molecule has 0 aromatic carbocycles. The Morgan fingerprint density at radius 2 is 1.44 bits per heavy atom. The maximum atomic E-state index is 12.4. The lowest BCUT2D eigenvalue weighted by molar-refractivity contribution is -0.144. The molecule has 3 aliphatic heterocycles. The molecule has 1 unspecified atom stereocenters. The van der Waals surface area contributed by atoms with Crippen LogP contribution in [0.4, 0.5) is 0 Å². The van der Waals surface area contributed by atoms with Gasteiger partial charge in [-0.15, -0.1) is 0 Å². The fourth-order valence-electron chi connectivity index (χ4n) is 2.45. The van der Waals surface area contributed by atoms with Crippen LogP contribution in [-0.4, -0.2) is 82.4 Å². The summed E-state index contributed by atoms with van der Waals surface area (Å²) in [5.74, 6) is -2.17. The number of allylic oxidation sites excluding steroid dienone is 1. The van der Waals surface area contributed by atoms with Crippen LogP contribution in [0.5, 0.6) is 0 Å². The average Bonchev–Trinajstić information content (AvgIpc) is 3.37. The second-order valence-corrected chi connectivity index (χ2v) is 6.55. The van der Waals surface area contributed by atoms with Crippen LogP contribution in [0, 0.1) is 5.92 Å². The first-order chi connectivity index (χ1) is 11.8. The first kappa shape index (κ1) is 17.2. The Hall–Kier alpha value is -2.64. The van der Waals surface area contributed by atoms with E-state index in [4.69, 9.17) is 5.11 Å². The highest BCUT2D eigenvalue weighted by atomic mass is 16.4. The lowest BCUT2D eigenvalue weighted by Gasteiger charge is -2.21. The van der Waals surface area contributed by atoms with E-state index in [0.29, 0.717) is 17.1 Å². The summed E-state index contributed by atoms with van der Waals surface area (Å²) < 4.78 is 0. The summed E-state index contributed by atoms with van der Waals surface area (Å²) in [6, 6.07) is 0. The maximum absolute atomic E-state index is 12.4. The number of carbonyl (C=O) groups is 4. The van der Waals surface area contributed by atoms with Gasteiger partial charge in [0.1, 0.15) is 23.1 Å². The minimum absolute atomic E-state index is 0.00546. The van der Waals surface area contributed by atoms with E-state index in [-0.39, 0.29) is 17.3 Å². The molecule has 0 bridgehead atoms. The zero-order valence-corrected chi connectivity index (χ0v) is 14.3. The molecule has 4 aliphatic rings. The normalized spacial score (nSPS) is 22.2. The van der Waals surface area contributed by atoms with Gasteiger partial charge >= 0.3 is 5.97 Å². The molecule has 0 spiro atoms. The van der Waals surface area contributed by atoms with Crippen LogP contribution in [0.25, 0.3) is 0 Å². The number of rotatable bonds is 5. The van der Waals surface area contributed by atoms with Gasteiger partial charge in [-0.25, -0.2) is 0 Å². The van der Waals surface area contributed by atoms with Gasteiger partial charge in [0.2, 0.25) is 11.6 Å². The van der Waals surface area contributed by atoms with Crippen LogP contribution >= 0.6 is 0 Å². The number of aliphatic carboxylic acids is 1. The minimum atomic E-state index is -1.06. The van der Waals surface area contributed by atoms with Crippen LogP contribution in [0.15, 0.2) is 23.2 Å². The fourth-order valence-corrected chi connectivity index (χ4v) is 2.45. The van der Waals surface area contributed by atoms with Gasteiger partial charge in [0.15, 0.2) is 0 Å². The van der Waals surface area contributed by atoms with Gasteiger partial charge in [0.05, 0.1) is 5.70 Å². The number of carboxylic acids is 1. The number of carbonyl (C=O) groups excluding carboxylic acids is 3. The number of hydrogen-bond donors (Lipinski definition) is 1. The summed E-state index contributed by atoms with van der Waals surface area (Å²) in [5.41, 5.74) is 1.89. The van der Waals surface area contributed by atoms with Crippen molar-refractivity contribution in [3.63, 3.8) is 0 Å². The maximum Gasteiger partial charge on any atom is 0.313 e. The molecule has 3 heterocycles. The van der Waals surface area contributed by atoms with Gasteiger partial charge in [-0.2, -0.15) is 0 Å². The van der Waals surface area contributed by atoms with Crippen molar-refractivity contribution in [3.8, 4) is 0 Å². The van der Waals surface area contributed by atoms with Gasteiger partial charge in [0, 0.05) is 45.3 Å². The number of Topliss-reactive ketones (excluding diaryl/α,β-unsaturated/α-hetero) is 2. The standard InChI is InChI=1S/C12H13N3O2.C5H8O3/c16-9-7-8(13-1-2-13)12(17)11(15-5-6-15)10(9)14-3-4-14;1-3(4(2)6)5(7)8/h7H,1-6H2;3H,1-2H3,(H,7,8). The average molecular weight is 347 g/mol. The highest BCUT2D eigenvalue weighted by Crippen LogP contribution is 2.33. The van der Waals surface area contributed by atoms with E-state index in [0.717, 1.165) is 39.3 Å². The third kappa shape index (κ3) is 3.72. The predicted molar refractivity (Wildman–Crippen MR) is 87.3 cm³/mol. The summed E-state index contributed by atoms with van der Waals surface area (Å²) in [7, 11) is 0.